The molecule has 0 bridgehead atoms. The molecule has 0 spiro atoms. The predicted molar refractivity (Wildman–Crippen MR) is 101 cm³/mol. The van der Waals surface area contributed by atoms with E-state index >= 15 is 0 Å². The van der Waals surface area contributed by atoms with Gasteiger partial charge >= 0.3 is 0 Å². The summed E-state index contributed by atoms with van der Waals surface area (Å²) in [6.45, 7) is 2.77. The number of amides is 1. The van der Waals surface area contributed by atoms with E-state index < -0.39 is 0 Å². The molecule has 2 aliphatic rings. The summed E-state index contributed by atoms with van der Waals surface area (Å²) >= 11 is 0. The van der Waals surface area contributed by atoms with Gasteiger partial charge in [-0.15, -0.1) is 0 Å². The van der Waals surface area contributed by atoms with E-state index in [2.05, 4.69) is 40.3 Å². The van der Waals surface area contributed by atoms with Gasteiger partial charge in [0.25, 0.3) is 0 Å². The van der Waals surface area contributed by atoms with Crippen LogP contribution in [0.4, 0.5) is 0 Å². The summed E-state index contributed by atoms with van der Waals surface area (Å²) < 4.78 is 1.93. The Bertz CT molecular complexity index is 715. The van der Waals surface area contributed by atoms with Crippen molar-refractivity contribution in [3.05, 3.63) is 54.4 Å². The Balaban J connectivity index is 1.39. The number of hydrogen-bond donors (Lipinski definition) is 0. The second-order valence-corrected chi connectivity index (χ2v) is 7.60. The summed E-state index contributed by atoms with van der Waals surface area (Å²) in [7, 11) is 1.96. The Morgan fingerprint density at radius 3 is 2.88 bits per heavy atom. The Morgan fingerprint density at radius 2 is 2.12 bits per heavy atom. The van der Waals surface area contributed by atoms with Crippen LogP contribution in [0.1, 0.15) is 37.3 Å². The fourth-order valence-corrected chi connectivity index (χ4v) is 4.73. The van der Waals surface area contributed by atoms with Gasteiger partial charge in [0, 0.05) is 44.6 Å². The number of rotatable bonds is 6. The number of benzene rings is 1. The summed E-state index contributed by atoms with van der Waals surface area (Å²) in [4.78, 5) is 17.7. The molecule has 1 aromatic heterocycles. The monoisotopic (exact) mass is 352 g/mol. The lowest BCUT2D eigenvalue weighted by molar-refractivity contribution is -0.134. The van der Waals surface area contributed by atoms with Gasteiger partial charge in [-0.3, -0.25) is 14.4 Å². The zero-order valence-corrected chi connectivity index (χ0v) is 15.5. The minimum absolute atomic E-state index is 0.136. The maximum absolute atomic E-state index is 13.1. The van der Waals surface area contributed by atoms with Crippen molar-refractivity contribution < 1.29 is 4.79 Å². The van der Waals surface area contributed by atoms with Gasteiger partial charge in [0.2, 0.25) is 5.91 Å². The van der Waals surface area contributed by atoms with Gasteiger partial charge in [0.05, 0.1) is 5.92 Å². The summed E-state index contributed by atoms with van der Waals surface area (Å²) in [5, 5.41) is 4.23. The number of carbonyl (C=O) groups is 1. The molecule has 138 valence electrons. The molecule has 2 saturated heterocycles. The van der Waals surface area contributed by atoms with E-state index in [-0.39, 0.29) is 5.92 Å². The zero-order valence-electron chi connectivity index (χ0n) is 15.5. The topological polar surface area (TPSA) is 41.4 Å². The second kappa shape index (κ2) is 7.62. The minimum Gasteiger partial charge on any atom is -0.345 e. The van der Waals surface area contributed by atoms with E-state index in [4.69, 9.17) is 0 Å². The molecule has 2 fully saturated rings. The van der Waals surface area contributed by atoms with E-state index in [0.29, 0.717) is 18.0 Å². The van der Waals surface area contributed by atoms with Gasteiger partial charge in [-0.25, -0.2) is 0 Å². The van der Waals surface area contributed by atoms with Crippen molar-refractivity contribution in [3.8, 4) is 0 Å². The lowest BCUT2D eigenvalue weighted by Gasteiger charge is -2.26. The third kappa shape index (κ3) is 3.40. The van der Waals surface area contributed by atoms with E-state index in [0.717, 1.165) is 38.9 Å². The zero-order chi connectivity index (χ0) is 17.9. The molecule has 0 saturated carbocycles. The van der Waals surface area contributed by atoms with Crippen LogP contribution in [0.15, 0.2) is 48.8 Å². The van der Waals surface area contributed by atoms with Crippen LogP contribution >= 0.6 is 0 Å². The van der Waals surface area contributed by atoms with Crippen LogP contribution < -0.4 is 0 Å². The normalized spacial score (nSPS) is 25.3. The Morgan fingerprint density at radius 1 is 1.27 bits per heavy atom. The molecule has 1 amide bonds. The third-order valence-corrected chi connectivity index (χ3v) is 6.00. The average molecular weight is 352 g/mol. The maximum atomic E-state index is 13.1. The molecule has 4 rings (SSSR count). The Kier molecular flexibility index (Phi) is 5.07. The maximum Gasteiger partial charge on any atom is 0.227 e. The van der Waals surface area contributed by atoms with E-state index in [1.165, 1.54) is 12.0 Å². The molecule has 5 heteroatoms. The quantitative estimate of drug-likeness (QED) is 0.803. The van der Waals surface area contributed by atoms with Gasteiger partial charge < -0.3 is 4.90 Å². The average Bonchev–Trinajstić information content (AvgIpc) is 3.39. The molecule has 0 unspecified atom stereocenters. The first-order chi connectivity index (χ1) is 12.7. The lowest BCUT2D eigenvalue weighted by atomic mass is 9.93. The predicted octanol–water partition coefficient (Wildman–Crippen LogP) is 2.96. The first kappa shape index (κ1) is 17.3. The second-order valence-electron chi connectivity index (χ2n) is 7.60. The fraction of sp³-hybridized carbons (Fsp3) is 0.524. The van der Waals surface area contributed by atoms with Crippen LogP contribution in [-0.2, 0) is 11.3 Å². The Hall–Kier alpha value is -2.14. The standard InChI is InChI=1S/C21H28N4O/c1-23(12-7-14-24-13-6-11-22-24)21(26)18-16-20(17-8-3-2-4-9-17)25-15-5-10-19(18)25/h2-4,6,8-9,11,13,18-20H,5,7,10,12,14-16H2,1H3/t18-,19+,20-/m0/s1. The van der Waals surface area contributed by atoms with Gasteiger partial charge in [-0.05, 0) is 43.9 Å². The largest absolute Gasteiger partial charge is 0.345 e. The van der Waals surface area contributed by atoms with Crippen molar-refractivity contribution in [1.29, 1.82) is 0 Å². The molecule has 2 aliphatic heterocycles. The molecule has 3 heterocycles. The number of carbonyl (C=O) groups excluding carboxylic acids is 1. The van der Waals surface area contributed by atoms with Crippen LogP contribution in [0.5, 0.6) is 0 Å². The number of hydrogen-bond acceptors (Lipinski definition) is 3. The molecular weight excluding hydrogens is 324 g/mol. The summed E-state index contributed by atoms with van der Waals surface area (Å²) in [6.07, 6.45) is 8.03. The third-order valence-electron chi connectivity index (χ3n) is 6.00. The molecule has 0 radical (unpaired) electrons. The van der Waals surface area contributed by atoms with Crippen molar-refractivity contribution in [2.24, 2.45) is 5.92 Å². The lowest BCUT2D eigenvalue weighted by Crippen LogP contribution is -2.39. The molecule has 2 aromatic rings. The summed E-state index contributed by atoms with van der Waals surface area (Å²) in [6, 6.07) is 13.5. The minimum atomic E-state index is 0.136. The molecule has 26 heavy (non-hydrogen) atoms. The van der Waals surface area contributed by atoms with Crippen LogP contribution in [-0.4, -0.2) is 51.7 Å². The molecule has 0 N–H and O–H groups in total. The highest BCUT2D eigenvalue weighted by atomic mass is 16.2. The van der Waals surface area contributed by atoms with Crippen LogP contribution in [0.3, 0.4) is 0 Å². The SMILES string of the molecule is CN(CCCn1cccn1)C(=O)[C@H]1C[C@@H](c2ccccc2)N2CCC[C@H]12. The smallest absolute Gasteiger partial charge is 0.227 e. The van der Waals surface area contributed by atoms with E-state index in [9.17, 15) is 4.79 Å². The number of nitrogens with zero attached hydrogens (tertiary/aromatic N) is 4. The molecule has 1 aromatic carbocycles. The number of aryl methyl sites for hydroxylation is 1. The van der Waals surface area contributed by atoms with Crippen LogP contribution in [0, 0.1) is 5.92 Å². The van der Waals surface area contributed by atoms with Crippen molar-refractivity contribution in [3.63, 3.8) is 0 Å². The highest BCUT2D eigenvalue weighted by Crippen LogP contribution is 2.45. The first-order valence-corrected chi connectivity index (χ1v) is 9.77. The number of fused-ring (bicyclic) bond motifs is 1. The highest BCUT2D eigenvalue weighted by Gasteiger charge is 2.47. The fourth-order valence-electron chi connectivity index (χ4n) is 4.73. The van der Waals surface area contributed by atoms with Crippen molar-refractivity contribution in [1.82, 2.24) is 19.6 Å². The van der Waals surface area contributed by atoms with Gasteiger partial charge in [0.15, 0.2) is 0 Å². The summed E-state index contributed by atoms with van der Waals surface area (Å²) in [5.41, 5.74) is 1.36. The van der Waals surface area contributed by atoms with Crippen molar-refractivity contribution in [2.45, 2.75) is 44.3 Å². The molecular formula is C21H28N4O. The van der Waals surface area contributed by atoms with E-state index in [1.807, 2.05) is 28.9 Å². The molecule has 0 aliphatic carbocycles. The van der Waals surface area contributed by atoms with Gasteiger partial charge in [0.1, 0.15) is 0 Å². The molecule has 5 nitrogen and oxygen atoms in total. The van der Waals surface area contributed by atoms with Gasteiger partial charge in [-0.1, -0.05) is 30.3 Å². The Labute approximate surface area is 155 Å². The van der Waals surface area contributed by atoms with Crippen molar-refractivity contribution >= 4 is 5.91 Å². The van der Waals surface area contributed by atoms with E-state index in [1.54, 1.807) is 6.20 Å². The van der Waals surface area contributed by atoms with Crippen LogP contribution in [0.2, 0.25) is 0 Å². The van der Waals surface area contributed by atoms with Gasteiger partial charge in [-0.2, -0.15) is 5.10 Å². The van der Waals surface area contributed by atoms with Crippen molar-refractivity contribution in [2.75, 3.05) is 20.1 Å². The summed E-state index contributed by atoms with van der Waals surface area (Å²) in [5.74, 6) is 0.457. The molecule has 3 atom stereocenters. The first-order valence-electron chi connectivity index (χ1n) is 9.77. The van der Waals surface area contributed by atoms with Crippen LogP contribution in [0.25, 0.3) is 0 Å². The number of aromatic nitrogens is 2. The highest BCUT2D eigenvalue weighted by molar-refractivity contribution is 5.80.